The van der Waals surface area contributed by atoms with Crippen LogP contribution in [0.25, 0.3) is 16.8 Å². The van der Waals surface area contributed by atoms with Crippen molar-refractivity contribution in [1.82, 2.24) is 14.6 Å². The molecule has 2 aromatic heterocycles. The van der Waals surface area contributed by atoms with Gasteiger partial charge in [0.15, 0.2) is 5.65 Å². The second-order valence-electron chi connectivity index (χ2n) is 6.38. The van der Waals surface area contributed by atoms with E-state index in [1.54, 1.807) is 4.52 Å². The van der Waals surface area contributed by atoms with Gasteiger partial charge in [-0.1, -0.05) is 29.3 Å². The number of hydrogen-bond acceptors (Lipinski definition) is 2. The van der Waals surface area contributed by atoms with Crippen molar-refractivity contribution in [3.05, 3.63) is 50.9 Å². The first-order chi connectivity index (χ1) is 11.3. The third-order valence-electron chi connectivity index (χ3n) is 4.45. The minimum atomic E-state index is 0.511. The van der Waals surface area contributed by atoms with E-state index in [0.29, 0.717) is 17.5 Å². The van der Waals surface area contributed by atoms with Crippen molar-refractivity contribution in [2.45, 2.75) is 41.0 Å². The number of halogens is 2. The molecule has 0 fully saturated rings. The highest BCUT2D eigenvalue weighted by molar-refractivity contribution is 6.30. The lowest BCUT2D eigenvalue weighted by Gasteiger charge is -2.12. The number of aryl methyl sites for hydroxylation is 5. The first kappa shape index (κ1) is 17.2. The molecule has 1 aromatic carbocycles. The first-order valence-electron chi connectivity index (χ1n) is 8.03. The molecular weight excluding hydrogens is 341 g/mol. The van der Waals surface area contributed by atoms with Gasteiger partial charge in [-0.2, -0.15) is 5.10 Å². The molecule has 0 aliphatic carbocycles. The molecule has 0 atom stereocenters. The number of alkyl halides is 1. The zero-order chi connectivity index (χ0) is 17.6. The lowest BCUT2D eigenvalue weighted by Crippen LogP contribution is -2.03. The van der Waals surface area contributed by atoms with Crippen LogP contribution in [0.3, 0.4) is 0 Å². The highest BCUT2D eigenvalue weighted by atomic mass is 35.5. The number of nitrogens with zero attached hydrogens (tertiary/aromatic N) is 3. The molecule has 126 valence electrons. The molecule has 2 heterocycles. The van der Waals surface area contributed by atoms with Crippen LogP contribution in [0, 0.1) is 34.6 Å². The lowest BCUT2D eigenvalue weighted by atomic mass is 9.94. The fourth-order valence-corrected chi connectivity index (χ4v) is 4.04. The summed E-state index contributed by atoms with van der Waals surface area (Å²) < 4.78 is 1.75. The number of fused-ring (bicyclic) bond motifs is 1. The van der Waals surface area contributed by atoms with Gasteiger partial charge in [0.1, 0.15) is 5.15 Å². The van der Waals surface area contributed by atoms with Gasteiger partial charge in [0.05, 0.1) is 11.3 Å². The summed E-state index contributed by atoms with van der Waals surface area (Å²) in [7, 11) is 0. The molecule has 0 amide bonds. The Bertz CT molecular complexity index is 919. The molecule has 24 heavy (non-hydrogen) atoms. The van der Waals surface area contributed by atoms with Crippen LogP contribution >= 0.6 is 23.2 Å². The molecule has 0 saturated carbocycles. The van der Waals surface area contributed by atoms with Crippen LogP contribution in [0.4, 0.5) is 0 Å². The van der Waals surface area contributed by atoms with E-state index < -0.39 is 0 Å². The number of aromatic nitrogens is 3. The Morgan fingerprint density at radius 2 is 1.58 bits per heavy atom. The Morgan fingerprint density at radius 1 is 0.958 bits per heavy atom. The molecule has 0 unspecified atom stereocenters. The maximum absolute atomic E-state index is 6.61. The Morgan fingerprint density at radius 3 is 2.17 bits per heavy atom. The molecule has 0 N–H and O–H groups in total. The summed E-state index contributed by atoms with van der Waals surface area (Å²) in [5.74, 6) is 0.511. The maximum Gasteiger partial charge on any atom is 0.165 e. The van der Waals surface area contributed by atoms with Gasteiger partial charge >= 0.3 is 0 Å². The molecule has 3 aromatic rings. The highest BCUT2D eigenvalue weighted by Gasteiger charge is 2.21. The Kier molecular flexibility index (Phi) is 4.58. The van der Waals surface area contributed by atoms with E-state index >= 15 is 0 Å². The summed E-state index contributed by atoms with van der Waals surface area (Å²) in [6, 6.07) is 4.39. The molecule has 0 radical (unpaired) electrons. The van der Waals surface area contributed by atoms with Gasteiger partial charge in [-0.05, 0) is 57.7 Å². The average Bonchev–Trinajstić information content (AvgIpc) is 2.80. The topological polar surface area (TPSA) is 30.2 Å². The largest absolute Gasteiger partial charge is 0.233 e. The summed E-state index contributed by atoms with van der Waals surface area (Å²) in [6.07, 6.45) is 0.686. The fraction of sp³-hybridized carbons (Fsp3) is 0.368. The zero-order valence-electron chi connectivity index (χ0n) is 14.7. The number of hydrogen-bond donors (Lipinski definition) is 0. The second kappa shape index (κ2) is 6.38. The Hall–Kier alpha value is -1.58. The summed E-state index contributed by atoms with van der Waals surface area (Å²) in [6.45, 7) is 10.4. The van der Waals surface area contributed by atoms with Gasteiger partial charge in [-0.3, -0.25) is 0 Å². The van der Waals surface area contributed by atoms with Crippen LogP contribution in [0.15, 0.2) is 12.1 Å². The number of rotatable bonds is 3. The van der Waals surface area contributed by atoms with E-state index in [9.17, 15) is 0 Å². The van der Waals surface area contributed by atoms with Crippen molar-refractivity contribution >= 4 is 28.8 Å². The predicted octanol–water partition coefficient (Wildman–Crippen LogP) is 5.37. The van der Waals surface area contributed by atoms with Crippen molar-refractivity contribution in [3.8, 4) is 11.1 Å². The van der Waals surface area contributed by atoms with Gasteiger partial charge in [0.25, 0.3) is 0 Å². The zero-order valence-corrected chi connectivity index (χ0v) is 16.2. The molecule has 3 rings (SSSR count). The second-order valence-corrected chi connectivity index (χ2v) is 7.11. The van der Waals surface area contributed by atoms with Gasteiger partial charge in [0.2, 0.25) is 0 Å². The molecule has 0 saturated heterocycles. The molecule has 0 aliphatic heterocycles. The van der Waals surface area contributed by atoms with Crippen LogP contribution in [0.2, 0.25) is 5.15 Å². The van der Waals surface area contributed by atoms with Crippen molar-refractivity contribution in [2.75, 3.05) is 5.88 Å². The standard InChI is InChI=1S/C19H21Cl2N3/c1-10-8-11(2)16(12(3)9-10)17-14(5)23-24-18(21)15(6-7-20)13(4)22-19(17)24/h8-9H,6-7H2,1-5H3. The van der Waals surface area contributed by atoms with Crippen LogP contribution < -0.4 is 0 Å². The Labute approximate surface area is 152 Å². The summed E-state index contributed by atoms with van der Waals surface area (Å²) >= 11 is 12.5. The van der Waals surface area contributed by atoms with Crippen molar-refractivity contribution in [1.29, 1.82) is 0 Å². The summed E-state index contributed by atoms with van der Waals surface area (Å²) in [4.78, 5) is 4.81. The van der Waals surface area contributed by atoms with Gasteiger partial charge in [-0.25, -0.2) is 9.50 Å². The van der Waals surface area contributed by atoms with Crippen LogP contribution in [-0.4, -0.2) is 20.5 Å². The molecule has 0 aliphatic rings. The smallest absolute Gasteiger partial charge is 0.165 e. The average molecular weight is 362 g/mol. The minimum absolute atomic E-state index is 0.511. The fourth-order valence-electron chi connectivity index (χ4n) is 3.50. The van der Waals surface area contributed by atoms with E-state index in [-0.39, 0.29) is 0 Å². The maximum atomic E-state index is 6.61. The quantitative estimate of drug-likeness (QED) is 0.463. The SMILES string of the molecule is Cc1cc(C)c(-c2c(C)nn3c(Cl)c(CCCl)c(C)nc23)c(C)c1. The summed E-state index contributed by atoms with van der Waals surface area (Å²) in [5, 5.41) is 5.26. The van der Waals surface area contributed by atoms with Crippen LogP contribution in [-0.2, 0) is 6.42 Å². The molecular formula is C19H21Cl2N3. The van der Waals surface area contributed by atoms with Gasteiger partial charge < -0.3 is 0 Å². The van der Waals surface area contributed by atoms with Gasteiger partial charge in [0, 0.05) is 17.1 Å². The van der Waals surface area contributed by atoms with Crippen molar-refractivity contribution in [3.63, 3.8) is 0 Å². The van der Waals surface area contributed by atoms with Crippen molar-refractivity contribution in [2.24, 2.45) is 0 Å². The van der Waals surface area contributed by atoms with E-state index in [1.807, 2.05) is 13.8 Å². The molecule has 5 heteroatoms. The van der Waals surface area contributed by atoms with E-state index in [4.69, 9.17) is 28.2 Å². The molecule has 3 nitrogen and oxygen atoms in total. The molecule has 0 spiro atoms. The monoisotopic (exact) mass is 361 g/mol. The van der Waals surface area contributed by atoms with Crippen molar-refractivity contribution < 1.29 is 0 Å². The summed E-state index contributed by atoms with van der Waals surface area (Å²) in [5.41, 5.74) is 9.59. The van der Waals surface area contributed by atoms with Gasteiger partial charge in [-0.15, -0.1) is 11.6 Å². The van der Waals surface area contributed by atoms with Crippen LogP contribution in [0.1, 0.15) is 33.6 Å². The van der Waals surface area contributed by atoms with E-state index in [0.717, 1.165) is 28.2 Å². The predicted molar refractivity (Wildman–Crippen MR) is 102 cm³/mol. The van der Waals surface area contributed by atoms with E-state index in [1.165, 1.54) is 22.3 Å². The normalized spacial score (nSPS) is 11.5. The first-order valence-corrected chi connectivity index (χ1v) is 8.95. The minimum Gasteiger partial charge on any atom is -0.233 e. The molecule has 0 bridgehead atoms. The Balaban J connectivity index is 2.37. The third kappa shape index (κ3) is 2.70. The highest BCUT2D eigenvalue weighted by Crippen LogP contribution is 2.35. The third-order valence-corrected chi connectivity index (χ3v) is 5.03. The lowest BCUT2D eigenvalue weighted by molar-refractivity contribution is 0.882. The van der Waals surface area contributed by atoms with Crippen LogP contribution in [0.5, 0.6) is 0 Å². The van der Waals surface area contributed by atoms with E-state index in [2.05, 4.69) is 38.0 Å². The number of benzene rings is 1.